The Morgan fingerprint density at radius 1 is 1.69 bits per heavy atom. The lowest BCUT2D eigenvalue weighted by Gasteiger charge is -2.23. The van der Waals surface area contributed by atoms with Crippen LogP contribution in [0.3, 0.4) is 0 Å². The van der Waals surface area contributed by atoms with Crippen molar-refractivity contribution >= 4 is 5.78 Å². The average molecular weight is 178 g/mol. The van der Waals surface area contributed by atoms with E-state index in [2.05, 4.69) is 26.5 Å². The standard InChI is InChI=1S/C12H18O/c1-9(2)4-5-11-6-7-12(13)8-10(11)3/h6-7,10-11H,1,4-5,8H2,2-3H3. The van der Waals surface area contributed by atoms with Gasteiger partial charge in [0.25, 0.3) is 0 Å². The Morgan fingerprint density at radius 3 is 2.92 bits per heavy atom. The summed E-state index contributed by atoms with van der Waals surface area (Å²) in [5, 5.41) is 0. The summed E-state index contributed by atoms with van der Waals surface area (Å²) in [6.45, 7) is 8.10. The van der Waals surface area contributed by atoms with Gasteiger partial charge in [0.2, 0.25) is 0 Å². The van der Waals surface area contributed by atoms with Gasteiger partial charge in [-0.1, -0.05) is 18.6 Å². The van der Waals surface area contributed by atoms with Crippen molar-refractivity contribution in [3.63, 3.8) is 0 Å². The number of rotatable bonds is 3. The van der Waals surface area contributed by atoms with Crippen molar-refractivity contribution in [3.05, 3.63) is 24.3 Å². The largest absolute Gasteiger partial charge is 0.295 e. The summed E-state index contributed by atoms with van der Waals surface area (Å²) in [5.74, 6) is 1.37. The molecule has 0 saturated carbocycles. The third-order valence-electron chi connectivity index (χ3n) is 2.69. The number of allylic oxidation sites excluding steroid dienone is 3. The molecule has 0 amide bonds. The SMILES string of the molecule is C=C(C)CCC1C=CC(=O)CC1C. The molecule has 1 aliphatic carbocycles. The highest BCUT2D eigenvalue weighted by molar-refractivity contribution is 5.90. The zero-order valence-electron chi connectivity index (χ0n) is 8.55. The van der Waals surface area contributed by atoms with Crippen LogP contribution in [0.2, 0.25) is 0 Å². The maximum atomic E-state index is 11.1. The molecule has 0 aliphatic heterocycles. The van der Waals surface area contributed by atoms with Crippen molar-refractivity contribution < 1.29 is 4.79 Å². The Bertz CT molecular complexity index is 238. The lowest BCUT2D eigenvalue weighted by Crippen LogP contribution is -2.17. The van der Waals surface area contributed by atoms with E-state index in [-0.39, 0.29) is 5.78 Å². The third kappa shape index (κ3) is 3.17. The summed E-state index contributed by atoms with van der Waals surface area (Å²) in [6, 6.07) is 0. The van der Waals surface area contributed by atoms with Crippen LogP contribution in [0.15, 0.2) is 24.3 Å². The lowest BCUT2D eigenvalue weighted by atomic mass is 9.81. The van der Waals surface area contributed by atoms with Gasteiger partial charge in [-0.3, -0.25) is 4.79 Å². The van der Waals surface area contributed by atoms with E-state index in [1.54, 1.807) is 6.08 Å². The summed E-state index contributed by atoms with van der Waals surface area (Å²) in [5.41, 5.74) is 1.23. The summed E-state index contributed by atoms with van der Waals surface area (Å²) in [6.07, 6.45) is 6.74. The Kier molecular flexibility index (Phi) is 3.47. The molecule has 0 aromatic carbocycles. The maximum absolute atomic E-state index is 11.1. The van der Waals surface area contributed by atoms with Gasteiger partial charge in [-0.25, -0.2) is 0 Å². The molecule has 0 N–H and O–H groups in total. The van der Waals surface area contributed by atoms with Gasteiger partial charge in [0.15, 0.2) is 5.78 Å². The molecule has 0 aromatic heterocycles. The molecule has 1 heteroatoms. The zero-order valence-corrected chi connectivity index (χ0v) is 8.55. The monoisotopic (exact) mass is 178 g/mol. The van der Waals surface area contributed by atoms with Gasteiger partial charge in [0.05, 0.1) is 0 Å². The van der Waals surface area contributed by atoms with Gasteiger partial charge in [-0.2, -0.15) is 0 Å². The van der Waals surface area contributed by atoms with Crippen molar-refractivity contribution in [1.29, 1.82) is 0 Å². The number of carbonyl (C=O) groups is 1. The molecular weight excluding hydrogens is 160 g/mol. The van der Waals surface area contributed by atoms with E-state index < -0.39 is 0 Å². The highest BCUT2D eigenvalue weighted by Crippen LogP contribution is 2.27. The molecule has 0 aromatic rings. The smallest absolute Gasteiger partial charge is 0.155 e. The quantitative estimate of drug-likeness (QED) is 0.607. The highest BCUT2D eigenvalue weighted by Gasteiger charge is 2.20. The second kappa shape index (κ2) is 4.40. The van der Waals surface area contributed by atoms with Crippen LogP contribution in [-0.2, 0) is 4.79 Å². The van der Waals surface area contributed by atoms with E-state index in [0.29, 0.717) is 11.8 Å². The van der Waals surface area contributed by atoms with Crippen molar-refractivity contribution in [3.8, 4) is 0 Å². The van der Waals surface area contributed by atoms with E-state index in [4.69, 9.17) is 0 Å². The fourth-order valence-electron chi connectivity index (χ4n) is 1.75. The first-order chi connectivity index (χ1) is 6.09. The van der Waals surface area contributed by atoms with Crippen LogP contribution in [0.1, 0.15) is 33.1 Å². The Labute approximate surface area is 80.5 Å². The number of ketones is 1. The number of hydrogen-bond acceptors (Lipinski definition) is 1. The second-order valence-corrected chi connectivity index (χ2v) is 4.17. The Balaban J connectivity index is 2.46. The summed E-state index contributed by atoms with van der Waals surface area (Å²) < 4.78 is 0. The minimum absolute atomic E-state index is 0.277. The van der Waals surface area contributed by atoms with Crippen LogP contribution in [-0.4, -0.2) is 5.78 Å². The number of hydrogen-bond donors (Lipinski definition) is 0. The van der Waals surface area contributed by atoms with Gasteiger partial charge < -0.3 is 0 Å². The molecule has 2 atom stereocenters. The van der Waals surface area contributed by atoms with Gasteiger partial charge in [-0.15, -0.1) is 6.58 Å². The van der Waals surface area contributed by atoms with E-state index in [9.17, 15) is 4.79 Å². The first kappa shape index (κ1) is 10.2. The van der Waals surface area contributed by atoms with Crippen molar-refractivity contribution in [2.24, 2.45) is 11.8 Å². The van der Waals surface area contributed by atoms with Crippen molar-refractivity contribution in [2.45, 2.75) is 33.1 Å². The van der Waals surface area contributed by atoms with Crippen molar-refractivity contribution in [1.82, 2.24) is 0 Å². The molecule has 13 heavy (non-hydrogen) atoms. The molecule has 72 valence electrons. The van der Waals surface area contributed by atoms with E-state index in [1.807, 2.05) is 0 Å². The Morgan fingerprint density at radius 2 is 2.38 bits per heavy atom. The lowest BCUT2D eigenvalue weighted by molar-refractivity contribution is -0.116. The van der Waals surface area contributed by atoms with Gasteiger partial charge in [0.1, 0.15) is 0 Å². The normalized spacial score (nSPS) is 27.7. The van der Waals surface area contributed by atoms with Crippen LogP contribution in [0.25, 0.3) is 0 Å². The zero-order chi connectivity index (χ0) is 9.84. The maximum Gasteiger partial charge on any atom is 0.155 e. The van der Waals surface area contributed by atoms with Crippen LogP contribution in [0, 0.1) is 11.8 Å². The van der Waals surface area contributed by atoms with Crippen LogP contribution >= 0.6 is 0 Å². The molecule has 0 fully saturated rings. The summed E-state index contributed by atoms with van der Waals surface area (Å²) in [4.78, 5) is 11.1. The minimum atomic E-state index is 0.277. The first-order valence-corrected chi connectivity index (χ1v) is 4.95. The average Bonchev–Trinajstić information content (AvgIpc) is 2.02. The second-order valence-electron chi connectivity index (χ2n) is 4.17. The van der Waals surface area contributed by atoms with Gasteiger partial charge in [-0.05, 0) is 37.7 Å². The predicted octanol–water partition coefficient (Wildman–Crippen LogP) is 3.12. The molecular formula is C12H18O. The van der Waals surface area contributed by atoms with E-state index >= 15 is 0 Å². The van der Waals surface area contributed by atoms with Crippen LogP contribution < -0.4 is 0 Å². The molecule has 0 saturated heterocycles. The molecule has 0 radical (unpaired) electrons. The molecule has 2 unspecified atom stereocenters. The van der Waals surface area contributed by atoms with Gasteiger partial charge >= 0.3 is 0 Å². The molecule has 0 spiro atoms. The fourth-order valence-corrected chi connectivity index (χ4v) is 1.75. The summed E-state index contributed by atoms with van der Waals surface area (Å²) >= 11 is 0. The molecule has 1 rings (SSSR count). The predicted molar refractivity (Wildman–Crippen MR) is 55.5 cm³/mol. The van der Waals surface area contributed by atoms with Crippen LogP contribution in [0.5, 0.6) is 0 Å². The molecule has 0 heterocycles. The van der Waals surface area contributed by atoms with E-state index in [1.165, 1.54) is 5.57 Å². The van der Waals surface area contributed by atoms with Gasteiger partial charge in [0, 0.05) is 6.42 Å². The molecule has 1 aliphatic rings. The van der Waals surface area contributed by atoms with E-state index in [0.717, 1.165) is 19.3 Å². The first-order valence-electron chi connectivity index (χ1n) is 4.95. The topological polar surface area (TPSA) is 17.1 Å². The molecule has 0 bridgehead atoms. The van der Waals surface area contributed by atoms with Crippen molar-refractivity contribution in [2.75, 3.05) is 0 Å². The summed E-state index contributed by atoms with van der Waals surface area (Å²) in [7, 11) is 0. The minimum Gasteiger partial charge on any atom is -0.295 e. The number of carbonyl (C=O) groups excluding carboxylic acids is 1. The van der Waals surface area contributed by atoms with Crippen LogP contribution in [0.4, 0.5) is 0 Å². The third-order valence-corrected chi connectivity index (χ3v) is 2.69. The fraction of sp³-hybridized carbons (Fsp3) is 0.583. The highest BCUT2D eigenvalue weighted by atomic mass is 16.1. The Hall–Kier alpha value is -0.850. The molecule has 1 nitrogen and oxygen atoms in total.